The van der Waals surface area contributed by atoms with Gasteiger partial charge in [0, 0.05) is 36.8 Å². The molecule has 1 aliphatic rings. The van der Waals surface area contributed by atoms with Gasteiger partial charge in [0.05, 0.1) is 6.04 Å². The molecule has 1 aliphatic heterocycles. The SMILES string of the molecule is CC(C(=O)c1cccc(Cl)c1)N1CCN(C)CC1. The van der Waals surface area contributed by atoms with Crippen molar-refractivity contribution >= 4 is 17.4 Å². The minimum atomic E-state index is -0.0721. The van der Waals surface area contributed by atoms with Gasteiger partial charge in [-0.05, 0) is 26.1 Å². The van der Waals surface area contributed by atoms with E-state index in [1.165, 1.54) is 0 Å². The molecule has 1 heterocycles. The Hall–Kier alpha value is -0.900. The first-order valence-electron chi connectivity index (χ1n) is 6.30. The van der Waals surface area contributed by atoms with Gasteiger partial charge in [0.1, 0.15) is 0 Å². The molecule has 1 fully saturated rings. The number of ketones is 1. The minimum Gasteiger partial charge on any atom is -0.304 e. The number of rotatable bonds is 3. The van der Waals surface area contributed by atoms with Crippen molar-refractivity contribution in [2.45, 2.75) is 13.0 Å². The van der Waals surface area contributed by atoms with E-state index in [4.69, 9.17) is 11.6 Å². The van der Waals surface area contributed by atoms with Gasteiger partial charge in [-0.15, -0.1) is 0 Å². The molecule has 1 unspecified atom stereocenters. The molecule has 0 amide bonds. The van der Waals surface area contributed by atoms with Crippen LogP contribution in [0.1, 0.15) is 17.3 Å². The molecule has 0 aromatic heterocycles. The zero-order valence-corrected chi connectivity index (χ0v) is 11.7. The molecule has 1 atom stereocenters. The number of piperazine rings is 1. The maximum Gasteiger partial charge on any atom is 0.179 e. The van der Waals surface area contributed by atoms with Crippen LogP contribution in [0.4, 0.5) is 0 Å². The van der Waals surface area contributed by atoms with Gasteiger partial charge in [0.15, 0.2) is 5.78 Å². The molecule has 2 rings (SSSR count). The van der Waals surface area contributed by atoms with Gasteiger partial charge in [0.2, 0.25) is 0 Å². The molecule has 1 saturated heterocycles. The molecule has 18 heavy (non-hydrogen) atoms. The first-order valence-corrected chi connectivity index (χ1v) is 6.68. The van der Waals surface area contributed by atoms with Crippen LogP contribution in [0.3, 0.4) is 0 Å². The average Bonchev–Trinajstić information content (AvgIpc) is 2.38. The highest BCUT2D eigenvalue weighted by Gasteiger charge is 2.25. The van der Waals surface area contributed by atoms with Gasteiger partial charge in [-0.1, -0.05) is 23.7 Å². The van der Waals surface area contributed by atoms with Crippen LogP contribution in [0.5, 0.6) is 0 Å². The van der Waals surface area contributed by atoms with Crippen molar-refractivity contribution in [3.05, 3.63) is 34.9 Å². The molecule has 1 aromatic rings. The molecule has 98 valence electrons. The number of hydrogen-bond acceptors (Lipinski definition) is 3. The van der Waals surface area contributed by atoms with Crippen LogP contribution in [0.25, 0.3) is 0 Å². The number of nitrogens with zero attached hydrogens (tertiary/aromatic N) is 2. The number of carbonyl (C=O) groups is 1. The van der Waals surface area contributed by atoms with Crippen molar-refractivity contribution in [2.24, 2.45) is 0 Å². The molecule has 0 bridgehead atoms. The zero-order chi connectivity index (χ0) is 13.1. The minimum absolute atomic E-state index is 0.0721. The molecule has 4 heteroatoms. The summed E-state index contributed by atoms with van der Waals surface area (Å²) in [5.74, 6) is 0.155. The molecule has 0 saturated carbocycles. The Labute approximate surface area is 113 Å². The third kappa shape index (κ3) is 3.10. The fraction of sp³-hybridized carbons (Fsp3) is 0.500. The van der Waals surface area contributed by atoms with Crippen molar-refractivity contribution < 1.29 is 4.79 Å². The number of likely N-dealkylation sites (N-methyl/N-ethyl adjacent to an activating group) is 1. The topological polar surface area (TPSA) is 23.6 Å². The summed E-state index contributed by atoms with van der Waals surface area (Å²) in [6.45, 7) is 5.92. The van der Waals surface area contributed by atoms with E-state index < -0.39 is 0 Å². The van der Waals surface area contributed by atoms with Gasteiger partial charge < -0.3 is 4.90 Å². The molecule has 1 aromatic carbocycles. The van der Waals surface area contributed by atoms with Crippen LogP contribution in [-0.2, 0) is 0 Å². The van der Waals surface area contributed by atoms with E-state index in [0.29, 0.717) is 10.6 Å². The monoisotopic (exact) mass is 266 g/mol. The third-order valence-electron chi connectivity index (χ3n) is 3.57. The van der Waals surface area contributed by atoms with E-state index in [-0.39, 0.29) is 11.8 Å². The molecule has 0 radical (unpaired) electrons. The summed E-state index contributed by atoms with van der Waals surface area (Å²) in [5.41, 5.74) is 0.703. The summed E-state index contributed by atoms with van der Waals surface area (Å²) >= 11 is 5.93. The van der Waals surface area contributed by atoms with Crippen molar-refractivity contribution in [1.29, 1.82) is 0 Å². The highest BCUT2D eigenvalue weighted by molar-refractivity contribution is 6.31. The normalized spacial score (nSPS) is 19.7. The maximum absolute atomic E-state index is 12.4. The Balaban J connectivity index is 2.04. The van der Waals surface area contributed by atoms with Crippen LogP contribution in [0.2, 0.25) is 5.02 Å². The van der Waals surface area contributed by atoms with Gasteiger partial charge in [-0.25, -0.2) is 0 Å². The fourth-order valence-corrected chi connectivity index (χ4v) is 2.45. The summed E-state index contributed by atoms with van der Waals surface area (Å²) in [5, 5.41) is 0.617. The van der Waals surface area contributed by atoms with E-state index in [2.05, 4.69) is 16.8 Å². The number of carbonyl (C=O) groups excluding carboxylic acids is 1. The summed E-state index contributed by atoms with van der Waals surface area (Å²) in [7, 11) is 2.11. The maximum atomic E-state index is 12.4. The molecule has 0 N–H and O–H groups in total. The number of hydrogen-bond donors (Lipinski definition) is 0. The second kappa shape index (κ2) is 5.83. The molecular weight excluding hydrogens is 248 g/mol. The van der Waals surface area contributed by atoms with Crippen molar-refractivity contribution in [1.82, 2.24) is 9.80 Å². The van der Waals surface area contributed by atoms with Crippen LogP contribution in [-0.4, -0.2) is 54.9 Å². The lowest BCUT2D eigenvalue weighted by Gasteiger charge is -2.35. The average molecular weight is 267 g/mol. The second-order valence-corrected chi connectivity index (χ2v) is 5.33. The first-order chi connectivity index (χ1) is 8.58. The highest BCUT2D eigenvalue weighted by Crippen LogP contribution is 2.15. The molecule has 3 nitrogen and oxygen atoms in total. The lowest BCUT2D eigenvalue weighted by molar-refractivity contribution is 0.0738. The second-order valence-electron chi connectivity index (χ2n) is 4.89. The standard InChI is InChI=1S/C14H19ClN2O/c1-11(17-8-6-16(2)7-9-17)14(18)12-4-3-5-13(15)10-12/h3-5,10-11H,6-9H2,1-2H3. The van der Waals surface area contributed by atoms with E-state index >= 15 is 0 Å². The van der Waals surface area contributed by atoms with Crippen molar-refractivity contribution in [3.63, 3.8) is 0 Å². The number of halogens is 1. The lowest BCUT2D eigenvalue weighted by Crippen LogP contribution is -2.50. The van der Waals surface area contributed by atoms with E-state index in [1.54, 1.807) is 12.1 Å². The quantitative estimate of drug-likeness (QED) is 0.784. The predicted octanol–water partition coefficient (Wildman–Crippen LogP) is 2.16. The fourth-order valence-electron chi connectivity index (χ4n) is 2.26. The Morgan fingerprint density at radius 2 is 1.94 bits per heavy atom. The van der Waals surface area contributed by atoms with Gasteiger partial charge >= 0.3 is 0 Å². The first kappa shape index (κ1) is 13.5. The summed E-state index contributed by atoms with van der Waals surface area (Å²) < 4.78 is 0. The van der Waals surface area contributed by atoms with Crippen LogP contribution in [0.15, 0.2) is 24.3 Å². The van der Waals surface area contributed by atoms with Crippen LogP contribution < -0.4 is 0 Å². The smallest absolute Gasteiger partial charge is 0.179 e. The van der Waals surface area contributed by atoms with Crippen LogP contribution in [0, 0.1) is 0 Å². The van der Waals surface area contributed by atoms with Gasteiger partial charge in [-0.2, -0.15) is 0 Å². The van der Waals surface area contributed by atoms with E-state index in [1.807, 2.05) is 19.1 Å². The van der Waals surface area contributed by atoms with Gasteiger partial charge in [0.25, 0.3) is 0 Å². The van der Waals surface area contributed by atoms with Crippen LogP contribution >= 0.6 is 11.6 Å². The summed E-state index contributed by atoms with van der Waals surface area (Å²) in [4.78, 5) is 16.9. The molecule has 0 aliphatic carbocycles. The van der Waals surface area contributed by atoms with E-state index in [9.17, 15) is 4.79 Å². The summed E-state index contributed by atoms with van der Waals surface area (Å²) in [6.07, 6.45) is 0. The molecular formula is C14H19ClN2O. The highest BCUT2D eigenvalue weighted by atomic mass is 35.5. The summed E-state index contributed by atoms with van der Waals surface area (Å²) in [6, 6.07) is 7.12. The zero-order valence-electron chi connectivity index (χ0n) is 10.9. The number of Topliss-reactive ketones (excluding diaryl/α,β-unsaturated/α-hetero) is 1. The Morgan fingerprint density at radius 3 is 2.56 bits per heavy atom. The lowest BCUT2D eigenvalue weighted by atomic mass is 10.0. The molecule has 0 spiro atoms. The van der Waals surface area contributed by atoms with Gasteiger partial charge in [-0.3, -0.25) is 9.69 Å². The van der Waals surface area contributed by atoms with Crippen molar-refractivity contribution in [3.8, 4) is 0 Å². The Kier molecular flexibility index (Phi) is 4.38. The number of benzene rings is 1. The predicted molar refractivity (Wildman–Crippen MR) is 74.3 cm³/mol. The Bertz CT molecular complexity index is 428. The largest absolute Gasteiger partial charge is 0.304 e. The third-order valence-corrected chi connectivity index (χ3v) is 3.81. The Morgan fingerprint density at radius 1 is 1.28 bits per heavy atom. The van der Waals surface area contributed by atoms with E-state index in [0.717, 1.165) is 26.2 Å². The van der Waals surface area contributed by atoms with Crippen molar-refractivity contribution in [2.75, 3.05) is 33.2 Å².